The van der Waals surface area contributed by atoms with Gasteiger partial charge in [0.1, 0.15) is 10.9 Å². The number of hydrogen-bond donors (Lipinski definition) is 0. The highest BCUT2D eigenvalue weighted by Gasteiger charge is 2.07. The predicted molar refractivity (Wildman–Crippen MR) is 45.2 cm³/mol. The maximum absolute atomic E-state index is 11.8. The van der Waals surface area contributed by atoms with E-state index in [4.69, 9.17) is 16.9 Å². The quantitative estimate of drug-likeness (QED) is 0.732. The molecule has 0 aliphatic carbocycles. The zero-order valence-electron chi connectivity index (χ0n) is 6.88. The summed E-state index contributed by atoms with van der Waals surface area (Å²) in [6, 6.07) is 4.24. The standard InChI is InChI=1S/C8H5ClF2N2O/c9-7-4-6(14-8(10)11)3-5(13-7)1-2-12/h3-4,8H,1H2. The van der Waals surface area contributed by atoms with Crippen LogP contribution in [-0.2, 0) is 6.42 Å². The van der Waals surface area contributed by atoms with E-state index in [2.05, 4.69) is 9.72 Å². The Morgan fingerprint density at radius 3 is 2.86 bits per heavy atom. The first-order valence-corrected chi connectivity index (χ1v) is 3.98. The highest BCUT2D eigenvalue weighted by molar-refractivity contribution is 6.29. The molecule has 1 heterocycles. The molecule has 0 aromatic carbocycles. The van der Waals surface area contributed by atoms with Gasteiger partial charge in [0.2, 0.25) is 0 Å². The van der Waals surface area contributed by atoms with Crippen molar-refractivity contribution in [3.63, 3.8) is 0 Å². The molecule has 0 atom stereocenters. The summed E-state index contributed by atoms with van der Waals surface area (Å²) in [6.45, 7) is -2.91. The monoisotopic (exact) mass is 218 g/mol. The van der Waals surface area contributed by atoms with Crippen LogP contribution in [0.15, 0.2) is 12.1 Å². The lowest BCUT2D eigenvalue weighted by atomic mass is 10.3. The Morgan fingerprint density at radius 2 is 2.29 bits per heavy atom. The van der Waals surface area contributed by atoms with Gasteiger partial charge in [-0.05, 0) is 0 Å². The molecule has 0 N–H and O–H groups in total. The summed E-state index contributed by atoms with van der Waals surface area (Å²) in [4.78, 5) is 3.75. The van der Waals surface area contributed by atoms with Gasteiger partial charge in [-0.2, -0.15) is 14.0 Å². The van der Waals surface area contributed by atoms with E-state index in [1.54, 1.807) is 0 Å². The van der Waals surface area contributed by atoms with Gasteiger partial charge < -0.3 is 4.74 Å². The summed E-state index contributed by atoms with van der Waals surface area (Å²) in [5, 5.41) is 8.38. The SMILES string of the molecule is N#CCc1cc(OC(F)F)cc(Cl)n1. The second kappa shape index (κ2) is 4.72. The van der Waals surface area contributed by atoms with Crippen LogP contribution >= 0.6 is 11.6 Å². The average molecular weight is 219 g/mol. The third-order valence-electron chi connectivity index (χ3n) is 1.31. The van der Waals surface area contributed by atoms with E-state index in [-0.39, 0.29) is 17.3 Å². The minimum absolute atomic E-state index is 0.000157. The van der Waals surface area contributed by atoms with E-state index < -0.39 is 6.61 Å². The van der Waals surface area contributed by atoms with Gasteiger partial charge in [0.05, 0.1) is 18.2 Å². The van der Waals surface area contributed by atoms with E-state index in [0.717, 1.165) is 6.07 Å². The first kappa shape index (κ1) is 10.7. The molecule has 74 valence electrons. The van der Waals surface area contributed by atoms with E-state index in [9.17, 15) is 8.78 Å². The molecule has 1 aromatic rings. The first-order valence-electron chi connectivity index (χ1n) is 3.60. The second-order valence-corrected chi connectivity index (χ2v) is 2.72. The lowest BCUT2D eigenvalue weighted by molar-refractivity contribution is -0.0499. The molecule has 0 saturated carbocycles. The van der Waals surface area contributed by atoms with Crippen LogP contribution in [0.5, 0.6) is 5.75 Å². The molecule has 14 heavy (non-hydrogen) atoms. The largest absolute Gasteiger partial charge is 0.435 e. The van der Waals surface area contributed by atoms with Gasteiger partial charge in [0, 0.05) is 12.1 Å². The Bertz CT molecular complexity index is 365. The van der Waals surface area contributed by atoms with Crippen LogP contribution < -0.4 is 4.74 Å². The highest BCUT2D eigenvalue weighted by Crippen LogP contribution is 2.19. The number of pyridine rings is 1. The Balaban J connectivity index is 2.90. The number of ether oxygens (including phenoxy) is 1. The smallest absolute Gasteiger partial charge is 0.387 e. The van der Waals surface area contributed by atoms with Crippen molar-refractivity contribution in [2.24, 2.45) is 0 Å². The van der Waals surface area contributed by atoms with Crippen molar-refractivity contribution in [2.75, 3.05) is 0 Å². The molecule has 1 aromatic heterocycles. The van der Waals surface area contributed by atoms with Gasteiger partial charge in [0.25, 0.3) is 0 Å². The number of rotatable bonds is 3. The van der Waals surface area contributed by atoms with Crippen LogP contribution in [0.2, 0.25) is 5.15 Å². The number of aromatic nitrogens is 1. The maximum atomic E-state index is 11.8. The van der Waals surface area contributed by atoms with E-state index in [0.29, 0.717) is 5.69 Å². The fraction of sp³-hybridized carbons (Fsp3) is 0.250. The minimum atomic E-state index is -2.91. The van der Waals surface area contributed by atoms with Crippen LogP contribution in [0.1, 0.15) is 5.69 Å². The van der Waals surface area contributed by atoms with Crippen LogP contribution in [0, 0.1) is 11.3 Å². The van der Waals surface area contributed by atoms with Gasteiger partial charge in [-0.25, -0.2) is 4.98 Å². The molecule has 0 saturated heterocycles. The van der Waals surface area contributed by atoms with E-state index in [1.807, 2.05) is 6.07 Å². The number of nitrogens with zero attached hydrogens (tertiary/aromatic N) is 2. The number of alkyl halides is 2. The molecular formula is C8H5ClF2N2O. The summed E-state index contributed by atoms with van der Waals surface area (Å²) >= 11 is 5.52. The number of halogens is 3. The van der Waals surface area contributed by atoms with Gasteiger partial charge in [-0.15, -0.1) is 0 Å². The Morgan fingerprint density at radius 1 is 1.57 bits per heavy atom. The molecule has 0 spiro atoms. The second-order valence-electron chi connectivity index (χ2n) is 2.33. The molecule has 0 radical (unpaired) electrons. The van der Waals surface area contributed by atoms with Crippen molar-refractivity contribution in [2.45, 2.75) is 13.0 Å². The van der Waals surface area contributed by atoms with Crippen LogP contribution in [0.25, 0.3) is 0 Å². The first-order chi connectivity index (χ1) is 6.61. The normalized spacial score (nSPS) is 9.93. The molecule has 3 nitrogen and oxygen atoms in total. The zero-order valence-corrected chi connectivity index (χ0v) is 7.63. The van der Waals surface area contributed by atoms with Crippen molar-refractivity contribution < 1.29 is 13.5 Å². The topological polar surface area (TPSA) is 45.9 Å². The number of nitriles is 1. The van der Waals surface area contributed by atoms with E-state index in [1.165, 1.54) is 6.07 Å². The van der Waals surface area contributed by atoms with Gasteiger partial charge in [-0.1, -0.05) is 11.6 Å². The molecule has 0 aliphatic rings. The van der Waals surface area contributed by atoms with E-state index >= 15 is 0 Å². The van der Waals surface area contributed by atoms with Crippen LogP contribution in [0.4, 0.5) is 8.78 Å². The summed E-state index contributed by atoms with van der Waals surface area (Å²) in [5.41, 5.74) is 0.302. The molecule has 0 fully saturated rings. The van der Waals surface area contributed by atoms with Crippen molar-refractivity contribution >= 4 is 11.6 Å². The Kier molecular flexibility index (Phi) is 3.60. The Hall–Kier alpha value is -1.41. The Labute approximate surface area is 83.9 Å². The summed E-state index contributed by atoms with van der Waals surface area (Å²) < 4.78 is 27.8. The van der Waals surface area contributed by atoms with Gasteiger partial charge >= 0.3 is 6.61 Å². The predicted octanol–water partition coefficient (Wildman–Crippen LogP) is 2.40. The molecule has 0 unspecified atom stereocenters. The fourth-order valence-electron chi connectivity index (χ4n) is 0.867. The minimum Gasteiger partial charge on any atom is -0.435 e. The van der Waals surface area contributed by atoms with Crippen molar-refractivity contribution in [3.05, 3.63) is 23.0 Å². The zero-order chi connectivity index (χ0) is 10.6. The molecular weight excluding hydrogens is 214 g/mol. The number of hydrogen-bond acceptors (Lipinski definition) is 3. The molecule has 1 rings (SSSR count). The van der Waals surface area contributed by atoms with Crippen LogP contribution in [-0.4, -0.2) is 11.6 Å². The van der Waals surface area contributed by atoms with Crippen molar-refractivity contribution in [1.82, 2.24) is 4.98 Å². The highest BCUT2D eigenvalue weighted by atomic mass is 35.5. The molecule has 0 bridgehead atoms. The summed E-state index contributed by atoms with van der Waals surface area (Å²) in [7, 11) is 0. The van der Waals surface area contributed by atoms with Gasteiger partial charge in [0.15, 0.2) is 0 Å². The third kappa shape index (κ3) is 3.15. The summed E-state index contributed by atoms with van der Waals surface area (Å²) in [6.07, 6.45) is 0.000157. The van der Waals surface area contributed by atoms with Crippen molar-refractivity contribution in [1.29, 1.82) is 5.26 Å². The average Bonchev–Trinajstić information content (AvgIpc) is 2.01. The van der Waals surface area contributed by atoms with Crippen molar-refractivity contribution in [3.8, 4) is 11.8 Å². The van der Waals surface area contributed by atoms with Crippen LogP contribution in [0.3, 0.4) is 0 Å². The molecule has 6 heteroatoms. The van der Waals surface area contributed by atoms with Gasteiger partial charge in [-0.3, -0.25) is 0 Å². The fourth-order valence-corrected chi connectivity index (χ4v) is 1.08. The summed E-state index contributed by atoms with van der Waals surface area (Å²) in [5.74, 6) is -0.0924. The molecule has 0 amide bonds. The molecule has 0 aliphatic heterocycles. The third-order valence-corrected chi connectivity index (χ3v) is 1.50. The lowest BCUT2D eigenvalue weighted by Gasteiger charge is -2.05. The maximum Gasteiger partial charge on any atom is 0.387 e. The lowest BCUT2D eigenvalue weighted by Crippen LogP contribution is -2.03.